The van der Waals surface area contributed by atoms with E-state index in [1.807, 2.05) is 25.1 Å². The predicted octanol–water partition coefficient (Wildman–Crippen LogP) is 5.02. The first-order valence-electron chi connectivity index (χ1n) is 6.33. The molecule has 1 nitrogen and oxygen atoms in total. The van der Waals surface area contributed by atoms with Crippen molar-refractivity contribution in [2.45, 2.75) is 31.4 Å². The van der Waals surface area contributed by atoms with Crippen molar-refractivity contribution >= 4 is 29.1 Å². The first-order valence-corrected chi connectivity index (χ1v) is 8.25. The highest BCUT2D eigenvalue weighted by atomic mass is 35.5. The third-order valence-corrected chi connectivity index (χ3v) is 4.33. The quantitative estimate of drug-likeness (QED) is 0.675. The lowest BCUT2D eigenvalue weighted by Gasteiger charge is -2.29. The molecule has 1 atom stereocenters. The molecule has 0 amide bonds. The molecule has 0 N–H and O–H groups in total. The number of benzene rings is 1. The third-order valence-electron chi connectivity index (χ3n) is 3.33. The van der Waals surface area contributed by atoms with Crippen molar-refractivity contribution in [3.63, 3.8) is 0 Å². The zero-order chi connectivity index (χ0) is 15.3. The summed E-state index contributed by atoms with van der Waals surface area (Å²) in [6.45, 7) is 2.04. The highest BCUT2D eigenvalue weighted by molar-refractivity contribution is 7.98. The minimum absolute atomic E-state index is 0.120. The number of alkyl halides is 4. The van der Waals surface area contributed by atoms with Gasteiger partial charge in [0, 0.05) is 30.4 Å². The van der Waals surface area contributed by atoms with Gasteiger partial charge in [-0.15, -0.1) is 11.6 Å². The second-order valence-corrected chi connectivity index (χ2v) is 5.78. The Labute approximate surface area is 127 Å². The topological polar surface area (TPSA) is 3.24 Å². The van der Waals surface area contributed by atoms with Crippen LogP contribution in [0.25, 0.3) is 0 Å². The van der Waals surface area contributed by atoms with Crippen LogP contribution in [0.3, 0.4) is 0 Å². The van der Waals surface area contributed by atoms with Crippen LogP contribution in [-0.2, 0) is 12.1 Å². The smallest absolute Gasteiger partial charge is 0.371 e. The molecular weight excluding hydrogens is 307 g/mol. The number of rotatable bonds is 6. The third kappa shape index (κ3) is 4.22. The van der Waals surface area contributed by atoms with Gasteiger partial charge in [0.25, 0.3) is 0 Å². The minimum atomic E-state index is -4.37. The predicted molar refractivity (Wildman–Crippen MR) is 81.9 cm³/mol. The molecule has 0 heterocycles. The second kappa shape index (κ2) is 7.46. The lowest BCUT2D eigenvalue weighted by molar-refractivity contribution is -0.138. The molecule has 0 bridgehead atoms. The molecule has 1 aromatic rings. The molecule has 1 aromatic carbocycles. The fourth-order valence-electron chi connectivity index (χ4n) is 2.07. The highest BCUT2D eigenvalue weighted by Gasteiger charge is 2.33. The van der Waals surface area contributed by atoms with Gasteiger partial charge in [-0.25, -0.2) is 0 Å². The Morgan fingerprint density at radius 2 is 2.00 bits per heavy atom. The number of anilines is 1. The van der Waals surface area contributed by atoms with Crippen LogP contribution < -0.4 is 4.90 Å². The Morgan fingerprint density at radius 3 is 2.45 bits per heavy atom. The molecule has 0 aromatic heterocycles. The molecule has 0 saturated carbocycles. The molecular formula is C14H19ClF3NS. The monoisotopic (exact) mass is 325 g/mol. The summed E-state index contributed by atoms with van der Waals surface area (Å²) >= 11 is 7.28. The van der Waals surface area contributed by atoms with Gasteiger partial charge in [0.2, 0.25) is 0 Å². The molecule has 0 radical (unpaired) electrons. The molecule has 20 heavy (non-hydrogen) atoms. The van der Waals surface area contributed by atoms with Gasteiger partial charge in [-0.05, 0) is 30.4 Å². The summed E-state index contributed by atoms with van der Waals surface area (Å²) in [6.07, 6.45) is -1.49. The summed E-state index contributed by atoms with van der Waals surface area (Å²) in [5.41, 5.74) is 0.0529. The number of thioether (sulfide) groups is 1. The molecule has 0 saturated heterocycles. The van der Waals surface area contributed by atoms with E-state index in [2.05, 4.69) is 0 Å². The zero-order valence-electron chi connectivity index (χ0n) is 11.8. The van der Waals surface area contributed by atoms with Crippen LogP contribution in [0.2, 0.25) is 0 Å². The molecule has 0 aliphatic heterocycles. The van der Waals surface area contributed by atoms with Crippen LogP contribution in [0.4, 0.5) is 18.9 Å². The largest absolute Gasteiger partial charge is 0.416 e. The van der Waals surface area contributed by atoms with Crippen molar-refractivity contribution in [2.24, 2.45) is 0 Å². The van der Waals surface area contributed by atoms with Gasteiger partial charge in [0.1, 0.15) is 0 Å². The van der Waals surface area contributed by atoms with E-state index in [0.29, 0.717) is 5.69 Å². The molecule has 6 heteroatoms. The van der Waals surface area contributed by atoms with E-state index >= 15 is 0 Å². The van der Waals surface area contributed by atoms with E-state index in [9.17, 15) is 13.2 Å². The van der Waals surface area contributed by atoms with Crippen molar-refractivity contribution in [1.29, 1.82) is 0 Å². The van der Waals surface area contributed by atoms with Crippen LogP contribution in [0.5, 0.6) is 0 Å². The van der Waals surface area contributed by atoms with Gasteiger partial charge in [-0.1, -0.05) is 13.0 Å². The van der Waals surface area contributed by atoms with E-state index in [0.717, 1.165) is 12.2 Å². The average molecular weight is 326 g/mol. The van der Waals surface area contributed by atoms with E-state index < -0.39 is 11.7 Å². The summed E-state index contributed by atoms with van der Waals surface area (Å²) in [5.74, 6) is 0.743. The number of nitrogens with zero attached hydrogens (tertiary/aromatic N) is 1. The summed E-state index contributed by atoms with van der Waals surface area (Å²) in [4.78, 5) is 1.91. The molecule has 0 aliphatic carbocycles. The average Bonchev–Trinajstić information content (AvgIpc) is 2.42. The molecule has 1 unspecified atom stereocenters. The Morgan fingerprint density at radius 1 is 1.35 bits per heavy atom. The van der Waals surface area contributed by atoms with Crippen LogP contribution in [0, 0.1) is 0 Å². The first kappa shape index (κ1) is 17.5. The molecule has 0 spiro atoms. The minimum Gasteiger partial charge on any atom is -0.371 e. The van der Waals surface area contributed by atoms with E-state index in [-0.39, 0.29) is 17.5 Å². The van der Waals surface area contributed by atoms with Gasteiger partial charge < -0.3 is 4.90 Å². The fourth-order valence-corrected chi connectivity index (χ4v) is 3.15. The van der Waals surface area contributed by atoms with Crippen LogP contribution >= 0.6 is 23.4 Å². The van der Waals surface area contributed by atoms with E-state index in [1.165, 1.54) is 12.1 Å². The lowest BCUT2D eigenvalue weighted by atomic mass is 10.1. The summed E-state index contributed by atoms with van der Waals surface area (Å²) < 4.78 is 39.1. The number of hydrogen-bond donors (Lipinski definition) is 0. The van der Waals surface area contributed by atoms with Crippen LogP contribution in [0.15, 0.2) is 18.2 Å². The first-order chi connectivity index (χ1) is 9.35. The maximum atomic E-state index is 13.0. The van der Waals surface area contributed by atoms with Gasteiger partial charge in [-0.3, -0.25) is 0 Å². The number of hydrogen-bond acceptors (Lipinski definition) is 2. The van der Waals surface area contributed by atoms with Crippen molar-refractivity contribution in [1.82, 2.24) is 0 Å². The van der Waals surface area contributed by atoms with Gasteiger partial charge in [-0.2, -0.15) is 24.9 Å². The van der Waals surface area contributed by atoms with E-state index in [1.54, 1.807) is 17.8 Å². The summed E-state index contributed by atoms with van der Waals surface area (Å²) in [5, 5.41) is 0. The molecule has 0 fully saturated rings. The van der Waals surface area contributed by atoms with E-state index in [4.69, 9.17) is 11.6 Å². The van der Waals surface area contributed by atoms with Crippen molar-refractivity contribution in [3.05, 3.63) is 29.3 Å². The normalized spacial score (nSPS) is 13.3. The number of halogens is 4. The standard InChI is InChI=1S/C14H19ClF3NS/c1-4-11(9-20-3)19(2)12-6-5-10(8-15)13(7-12)14(16,17)18/h5-7,11H,4,8-9H2,1-3H3. The Bertz CT molecular complexity index is 437. The summed E-state index contributed by atoms with van der Waals surface area (Å²) in [6, 6.07) is 4.58. The molecule has 0 aliphatic rings. The Kier molecular flexibility index (Phi) is 6.52. The molecule has 114 valence electrons. The lowest BCUT2D eigenvalue weighted by Crippen LogP contribution is -2.33. The SMILES string of the molecule is CCC(CSC)N(C)c1ccc(CCl)c(C(F)(F)F)c1. The van der Waals surface area contributed by atoms with Crippen LogP contribution in [-0.4, -0.2) is 25.1 Å². The Hall–Kier alpha value is -0.550. The van der Waals surface area contributed by atoms with Gasteiger partial charge >= 0.3 is 6.18 Å². The van der Waals surface area contributed by atoms with Gasteiger partial charge in [0.15, 0.2) is 0 Å². The Balaban J connectivity index is 3.14. The second-order valence-electron chi connectivity index (χ2n) is 4.60. The van der Waals surface area contributed by atoms with Crippen LogP contribution in [0.1, 0.15) is 24.5 Å². The maximum absolute atomic E-state index is 13.0. The maximum Gasteiger partial charge on any atom is 0.416 e. The highest BCUT2D eigenvalue weighted by Crippen LogP contribution is 2.35. The van der Waals surface area contributed by atoms with Crippen molar-refractivity contribution in [2.75, 3.05) is 24.0 Å². The fraction of sp³-hybridized carbons (Fsp3) is 0.571. The van der Waals surface area contributed by atoms with Gasteiger partial charge in [0.05, 0.1) is 5.56 Å². The van der Waals surface area contributed by atoms with Crippen molar-refractivity contribution in [3.8, 4) is 0 Å². The van der Waals surface area contributed by atoms with Crippen molar-refractivity contribution < 1.29 is 13.2 Å². The molecule has 1 rings (SSSR count). The zero-order valence-corrected chi connectivity index (χ0v) is 13.4. The summed E-state index contributed by atoms with van der Waals surface area (Å²) in [7, 11) is 1.83.